The molecule has 154 valence electrons. The van der Waals surface area contributed by atoms with Crippen molar-refractivity contribution in [2.75, 3.05) is 18.4 Å². The van der Waals surface area contributed by atoms with E-state index in [2.05, 4.69) is 15.5 Å². The van der Waals surface area contributed by atoms with Gasteiger partial charge in [0.15, 0.2) is 0 Å². The molecule has 1 aromatic carbocycles. The molecule has 9 heteroatoms. The van der Waals surface area contributed by atoms with Gasteiger partial charge in [0, 0.05) is 31.0 Å². The molecule has 2 aromatic rings. The summed E-state index contributed by atoms with van der Waals surface area (Å²) in [5.41, 5.74) is -0.105. The molecule has 1 aromatic heterocycles. The Morgan fingerprint density at radius 1 is 1.07 bits per heavy atom. The van der Waals surface area contributed by atoms with E-state index in [0.717, 1.165) is 49.6 Å². The van der Waals surface area contributed by atoms with Crippen LogP contribution in [0.3, 0.4) is 0 Å². The van der Waals surface area contributed by atoms with Crippen molar-refractivity contribution in [3.63, 3.8) is 0 Å². The summed E-state index contributed by atoms with van der Waals surface area (Å²) in [7, 11) is 0. The highest BCUT2D eigenvalue weighted by molar-refractivity contribution is 7.13. The van der Waals surface area contributed by atoms with Gasteiger partial charge < -0.3 is 10.2 Å². The fourth-order valence-electron chi connectivity index (χ4n) is 4.04. The van der Waals surface area contributed by atoms with Crippen LogP contribution in [0.25, 0.3) is 0 Å². The molecule has 0 atom stereocenters. The van der Waals surface area contributed by atoms with E-state index < -0.39 is 17.5 Å². The number of carbonyl (C=O) groups excluding carboxylic acids is 2. The van der Waals surface area contributed by atoms with Crippen molar-refractivity contribution >= 4 is 28.8 Å². The minimum atomic E-state index is -0.845. The van der Waals surface area contributed by atoms with E-state index in [-0.39, 0.29) is 28.4 Å². The van der Waals surface area contributed by atoms with E-state index in [0.29, 0.717) is 19.2 Å². The van der Waals surface area contributed by atoms with Crippen LogP contribution < -0.4 is 5.32 Å². The third kappa shape index (κ3) is 4.44. The molecule has 1 saturated carbocycles. The lowest BCUT2D eigenvalue weighted by Gasteiger charge is -2.32. The van der Waals surface area contributed by atoms with Crippen LogP contribution in [0.2, 0.25) is 0 Å². The number of anilines is 1. The molecule has 2 amide bonds. The smallest absolute Gasteiger partial charge is 0.286 e. The summed E-state index contributed by atoms with van der Waals surface area (Å²) in [5, 5.41) is 11.4. The van der Waals surface area contributed by atoms with Crippen LogP contribution in [0.4, 0.5) is 14.5 Å². The summed E-state index contributed by atoms with van der Waals surface area (Å²) in [6.07, 6.45) is 5.88. The van der Waals surface area contributed by atoms with E-state index >= 15 is 0 Å². The minimum Gasteiger partial charge on any atom is -0.342 e. The van der Waals surface area contributed by atoms with E-state index in [1.54, 1.807) is 0 Å². The van der Waals surface area contributed by atoms with Crippen LogP contribution in [-0.4, -0.2) is 40.0 Å². The highest BCUT2D eigenvalue weighted by atomic mass is 32.1. The number of likely N-dealkylation sites (tertiary alicyclic amines) is 1. The van der Waals surface area contributed by atoms with E-state index in [9.17, 15) is 18.4 Å². The van der Waals surface area contributed by atoms with Crippen molar-refractivity contribution in [2.45, 2.75) is 44.4 Å². The summed E-state index contributed by atoms with van der Waals surface area (Å²) in [6.45, 7) is 1.39. The molecule has 2 heterocycles. The SMILES string of the molecule is O=C(Nc1ccc(F)cc1F)c1nnc(C2CCN(C(=O)C3CCCC3)CC2)s1. The Kier molecular flexibility index (Phi) is 5.84. The van der Waals surface area contributed by atoms with Crippen molar-refractivity contribution in [1.29, 1.82) is 0 Å². The highest BCUT2D eigenvalue weighted by Crippen LogP contribution is 2.33. The maximum absolute atomic E-state index is 13.7. The van der Waals surface area contributed by atoms with Gasteiger partial charge in [-0.3, -0.25) is 9.59 Å². The van der Waals surface area contributed by atoms with Gasteiger partial charge >= 0.3 is 0 Å². The van der Waals surface area contributed by atoms with Gasteiger partial charge in [0.2, 0.25) is 10.9 Å². The Morgan fingerprint density at radius 3 is 2.48 bits per heavy atom. The molecule has 0 bridgehead atoms. The summed E-state index contributed by atoms with van der Waals surface area (Å²) in [6, 6.07) is 2.95. The number of halogens is 2. The number of nitrogens with zero attached hydrogens (tertiary/aromatic N) is 3. The van der Waals surface area contributed by atoms with Crippen LogP contribution >= 0.6 is 11.3 Å². The van der Waals surface area contributed by atoms with Crippen molar-refractivity contribution in [2.24, 2.45) is 5.92 Å². The monoisotopic (exact) mass is 420 g/mol. The van der Waals surface area contributed by atoms with Crippen LogP contribution in [0.5, 0.6) is 0 Å². The zero-order chi connectivity index (χ0) is 20.4. The quantitative estimate of drug-likeness (QED) is 0.812. The number of nitrogens with one attached hydrogen (secondary N) is 1. The van der Waals surface area contributed by atoms with Crippen molar-refractivity contribution in [3.05, 3.63) is 39.8 Å². The molecule has 1 aliphatic carbocycles. The third-order valence-electron chi connectivity index (χ3n) is 5.67. The van der Waals surface area contributed by atoms with Crippen molar-refractivity contribution < 1.29 is 18.4 Å². The van der Waals surface area contributed by atoms with Crippen molar-refractivity contribution in [1.82, 2.24) is 15.1 Å². The largest absolute Gasteiger partial charge is 0.342 e. The Bertz CT molecular complexity index is 906. The Hall–Kier alpha value is -2.42. The number of hydrogen-bond donors (Lipinski definition) is 1. The molecule has 6 nitrogen and oxygen atoms in total. The van der Waals surface area contributed by atoms with Crippen LogP contribution in [0.1, 0.15) is 59.3 Å². The summed E-state index contributed by atoms with van der Waals surface area (Å²) >= 11 is 1.18. The maximum Gasteiger partial charge on any atom is 0.286 e. The molecule has 2 aliphatic rings. The second-order valence-electron chi connectivity index (χ2n) is 7.60. The first-order valence-electron chi connectivity index (χ1n) is 9.90. The molecular formula is C20H22F2N4O2S. The van der Waals surface area contributed by atoms with E-state index in [4.69, 9.17) is 0 Å². The van der Waals surface area contributed by atoms with Gasteiger partial charge in [-0.15, -0.1) is 10.2 Å². The molecule has 0 radical (unpaired) electrons. The standard InChI is InChI=1S/C20H22F2N4O2S/c21-14-5-6-16(15(22)11-14)23-17(27)19-25-24-18(29-19)12-7-9-26(10-8-12)20(28)13-3-1-2-4-13/h5-6,11-13H,1-4,7-10H2,(H,23,27). The highest BCUT2D eigenvalue weighted by Gasteiger charge is 2.31. The van der Waals surface area contributed by atoms with E-state index in [1.807, 2.05) is 4.90 Å². The lowest BCUT2D eigenvalue weighted by Crippen LogP contribution is -2.40. The molecule has 1 saturated heterocycles. The number of benzene rings is 1. The molecule has 29 heavy (non-hydrogen) atoms. The van der Waals surface area contributed by atoms with Crippen LogP contribution in [-0.2, 0) is 4.79 Å². The Balaban J connectivity index is 1.34. The van der Waals surface area contributed by atoms with Gasteiger partial charge in [-0.2, -0.15) is 0 Å². The minimum absolute atomic E-state index is 0.105. The predicted molar refractivity (Wildman–Crippen MR) is 105 cm³/mol. The normalized spacial score (nSPS) is 18.2. The van der Waals surface area contributed by atoms with Crippen LogP contribution in [0, 0.1) is 17.6 Å². The second-order valence-corrected chi connectivity index (χ2v) is 8.61. The van der Waals surface area contributed by atoms with Gasteiger partial charge in [0.25, 0.3) is 5.91 Å². The first kappa shape index (κ1) is 19.9. The topological polar surface area (TPSA) is 75.2 Å². The van der Waals surface area contributed by atoms with Gasteiger partial charge in [-0.25, -0.2) is 8.78 Å². The average molecular weight is 420 g/mol. The van der Waals surface area contributed by atoms with E-state index in [1.165, 1.54) is 17.4 Å². The third-order valence-corrected chi connectivity index (χ3v) is 6.76. The van der Waals surface area contributed by atoms with Gasteiger partial charge in [0.1, 0.15) is 16.6 Å². The zero-order valence-corrected chi connectivity index (χ0v) is 16.7. The number of piperidine rings is 1. The molecule has 0 unspecified atom stereocenters. The molecule has 1 N–H and O–H groups in total. The molecule has 2 fully saturated rings. The second kappa shape index (κ2) is 8.52. The van der Waals surface area contributed by atoms with Gasteiger partial charge in [0.05, 0.1) is 5.69 Å². The fraction of sp³-hybridized carbons (Fsp3) is 0.500. The van der Waals surface area contributed by atoms with Crippen molar-refractivity contribution in [3.8, 4) is 0 Å². The summed E-state index contributed by atoms with van der Waals surface area (Å²) in [5.74, 6) is -1.51. The lowest BCUT2D eigenvalue weighted by molar-refractivity contribution is -0.136. The summed E-state index contributed by atoms with van der Waals surface area (Å²) < 4.78 is 26.7. The maximum atomic E-state index is 13.7. The first-order valence-corrected chi connectivity index (χ1v) is 10.7. The molecule has 4 rings (SSSR count). The van der Waals surface area contributed by atoms with Gasteiger partial charge in [-0.1, -0.05) is 24.2 Å². The number of carbonyl (C=O) groups is 2. The molecule has 0 spiro atoms. The lowest BCUT2D eigenvalue weighted by atomic mass is 9.96. The Morgan fingerprint density at radius 2 is 1.79 bits per heavy atom. The first-order chi connectivity index (χ1) is 14.0. The van der Waals surface area contributed by atoms with Gasteiger partial charge in [-0.05, 0) is 37.8 Å². The fourth-order valence-corrected chi connectivity index (χ4v) is 4.94. The number of aromatic nitrogens is 2. The number of hydrogen-bond acceptors (Lipinski definition) is 5. The number of amides is 2. The Labute approximate surface area is 171 Å². The molecule has 1 aliphatic heterocycles. The number of rotatable bonds is 4. The predicted octanol–water partition coefficient (Wildman–Crippen LogP) is 3.96. The average Bonchev–Trinajstić information content (AvgIpc) is 3.42. The summed E-state index contributed by atoms with van der Waals surface area (Å²) in [4.78, 5) is 26.8. The van der Waals surface area contributed by atoms with Crippen LogP contribution in [0.15, 0.2) is 18.2 Å². The molecular weight excluding hydrogens is 398 g/mol. The zero-order valence-electron chi connectivity index (χ0n) is 15.9.